The molecule has 0 aromatic heterocycles. The zero-order valence-electron chi connectivity index (χ0n) is 6.27. The van der Waals surface area contributed by atoms with Gasteiger partial charge < -0.3 is 4.74 Å². The predicted octanol–water partition coefficient (Wildman–Crippen LogP) is 2.98. The maximum atomic E-state index is 8.67. The molecule has 1 aromatic carbocycles. The number of nitrogens with zero attached hydrogens (tertiary/aromatic N) is 1. The summed E-state index contributed by atoms with van der Waals surface area (Å²) in [6, 6.07) is 5.23. The van der Waals surface area contributed by atoms with Gasteiger partial charge in [0.2, 0.25) is 0 Å². The van der Waals surface area contributed by atoms with Crippen molar-refractivity contribution in [3.63, 3.8) is 0 Å². The number of nitriles is 1. The number of halogens is 2. The van der Waals surface area contributed by atoms with Gasteiger partial charge >= 0.3 is 0 Å². The van der Waals surface area contributed by atoms with Crippen molar-refractivity contribution < 1.29 is 4.74 Å². The van der Waals surface area contributed by atoms with Crippen molar-refractivity contribution in [1.29, 1.82) is 5.26 Å². The molecule has 0 fully saturated rings. The van der Waals surface area contributed by atoms with E-state index in [1.165, 1.54) is 7.11 Å². The maximum Gasteiger partial charge on any atom is 0.138 e. The molecular formula is C8H5BrClNO. The zero-order valence-corrected chi connectivity index (χ0v) is 8.61. The molecule has 4 heteroatoms. The van der Waals surface area contributed by atoms with Crippen LogP contribution in [0.25, 0.3) is 0 Å². The Balaban J connectivity index is 3.31. The molecule has 1 rings (SSSR count). The third kappa shape index (κ3) is 1.71. The van der Waals surface area contributed by atoms with Gasteiger partial charge in [0.05, 0.1) is 17.7 Å². The first kappa shape index (κ1) is 9.37. The van der Waals surface area contributed by atoms with Crippen molar-refractivity contribution in [2.45, 2.75) is 0 Å². The van der Waals surface area contributed by atoms with Crippen LogP contribution in [0, 0.1) is 11.3 Å². The molecule has 0 aliphatic heterocycles. The maximum absolute atomic E-state index is 8.67. The fourth-order valence-corrected chi connectivity index (χ4v) is 1.28. The lowest BCUT2D eigenvalue weighted by Crippen LogP contribution is -1.87. The summed E-state index contributed by atoms with van der Waals surface area (Å²) in [4.78, 5) is 0. The summed E-state index contributed by atoms with van der Waals surface area (Å²) in [5, 5.41) is 9.20. The Morgan fingerprint density at radius 3 is 2.75 bits per heavy atom. The highest BCUT2D eigenvalue weighted by atomic mass is 79.9. The first-order valence-corrected chi connectivity index (χ1v) is 4.29. The number of hydrogen-bond acceptors (Lipinski definition) is 2. The summed E-state index contributed by atoms with van der Waals surface area (Å²) in [6.07, 6.45) is 0. The Morgan fingerprint density at radius 1 is 1.58 bits per heavy atom. The SMILES string of the molecule is COc1cc(Cl)c(Br)cc1C#N. The van der Waals surface area contributed by atoms with Gasteiger partial charge in [-0.15, -0.1) is 0 Å². The van der Waals surface area contributed by atoms with Crippen LogP contribution in [-0.2, 0) is 0 Å². The van der Waals surface area contributed by atoms with E-state index in [4.69, 9.17) is 21.6 Å². The lowest BCUT2D eigenvalue weighted by atomic mass is 10.2. The fourth-order valence-electron chi connectivity index (χ4n) is 0.785. The minimum absolute atomic E-state index is 0.466. The Hall–Kier alpha value is -0.720. The summed E-state index contributed by atoms with van der Waals surface area (Å²) in [6.45, 7) is 0. The molecule has 0 aliphatic carbocycles. The molecule has 0 saturated carbocycles. The lowest BCUT2D eigenvalue weighted by Gasteiger charge is -2.03. The summed E-state index contributed by atoms with van der Waals surface area (Å²) < 4.78 is 5.64. The number of ether oxygens (including phenoxy) is 1. The monoisotopic (exact) mass is 245 g/mol. The van der Waals surface area contributed by atoms with Crippen molar-refractivity contribution in [1.82, 2.24) is 0 Å². The van der Waals surface area contributed by atoms with Gasteiger partial charge in [-0.25, -0.2) is 0 Å². The number of hydrogen-bond donors (Lipinski definition) is 0. The zero-order chi connectivity index (χ0) is 9.14. The van der Waals surface area contributed by atoms with Gasteiger partial charge in [-0.3, -0.25) is 0 Å². The van der Waals surface area contributed by atoms with Crippen LogP contribution >= 0.6 is 27.5 Å². The van der Waals surface area contributed by atoms with E-state index in [9.17, 15) is 0 Å². The normalized spacial score (nSPS) is 9.17. The molecule has 12 heavy (non-hydrogen) atoms. The van der Waals surface area contributed by atoms with Gasteiger partial charge in [-0.2, -0.15) is 5.26 Å². The third-order valence-corrected chi connectivity index (χ3v) is 2.56. The van der Waals surface area contributed by atoms with Gasteiger partial charge in [0.15, 0.2) is 0 Å². The lowest BCUT2D eigenvalue weighted by molar-refractivity contribution is 0.413. The molecule has 0 heterocycles. The molecule has 0 amide bonds. The van der Waals surface area contributed by atoms with E-state index < -0.39 is 0 Å². The summed E-state index contributed by atoms with van der Waals surface area (Å²) in [5.74, 6) is 0.491. The standard InChI is InChI=1S/C8H5BrClNO/c1-12-8-3-7(10)6(9)2-5(8)4-11/h2-3H,1H3. The predicted molar refractivity (Wildman–Crippen MR) is 50.4 cm³/mol. The molecule has 0 atom stereocenters. The van der Waals surface area contributed by atoms with E-state index in [1.54, 1.807) is 12.1 Å². The average Bonchev–Trinajstić information content (AvgIpc) is 2.09. The van der Waals surface area contributed by atoms with Crippen molar-refractivity contribution in [3.8, 4) is 11.8 Å². The number of rotatable bonds is 1. The molecule has 0 saturated heterocycles. The van der Waals surface area contributed by atoms with E-state index >= 15 is 0 Å². The van der Waals surface area contributed by atoms with Crippen LogP contribution in [0.15, 0.2) is 16.6 Å². The molecule has 2 nitrogen and oxygen atoms in total. The second-order valence-corrected chi connectivity index (χ2v) is 3.34. The van der Waals surface area contributed by atoms with Crippen LogP contribution in [0.2, 0.25) is 5.02 Å². The van der Waals surface area contributed by atoms with Gasteiger partial charge in [0, 0.05) is 10.5 Å². The summed E-state index contributed by atoms with van der Waals surface area (Å²) >= 11 is 9.00. The second kappa shape index (κ2) is 3.79. The van der Waals surface area contributed by atoms with Gasteiger partial charge in [-0.1, -0.05) is 11.6 Å². The number of benzene rings is 1. The topological polar surface area (TPSA) is 33.0 Å². The van der Waals surface area contributed by atoms with E-state index in [2.05, 4.69) is 15.9 Å². The van der Waals surface area contributed by atoms with E-state index in [-0.39, 0.29) is 0 Å². The fraction of sp³-hybridized carbons (Fsp3) is 0.125. The van der Waals surface area contributed by atoms with E-state index in [0.29, 0.717) is 20.8 Å². The molecule has 0 unspecified atom stereocenters. The minimum atomic E-state index is 0.466. The quantitative estimate of drug-likeness (QED) is 0.763. The molecule has 1 aromatic rings. The minimum Gasteiger partial charge on any atom is -0.495 e. The van der Waals surface area contributed by atoms with Gasteiger partial charge in [0.1, 0.15) is 11.8 Å². The van der Waals surface area contributed by atoms with Crippen LogP contribution in [0.4, 0.5) is 0 Å². The Bertz CT molecular complexity index is 346. The highest BCUT2D eigenvalue weighted by Crippen LogP contribution is 2.30. The van der Waals surface area contributed by atoms with Gasteiger partial charge in [0.25, 0.3) is 0 Å². The van der Waals surface area contributed by atoms with E-state index in [0.717, 1.165) is 0 Å². The molecule has 0 bridgehead atoms. The highest BCUT2D eigenvalue weighted by molar-refractivity contribution is 9.10. The van der Waals surface area contributed by atoms with Crippen LogP contribution < -0.4 is 4.74 Å². The Labute approximate surface area is 83.8 Å². The molecule has 0 spiro atoms. The van der Waals surface area contributed by atoms with Crippen LogP contribution in [-0.4, -0.2) is 7.11 Å². The first-order chi connectivity index (χ1) is 5.69. The number of methoxy groups -OCH3 is 1. The van der Waals surface area contributed by atoms with Crippen LogP contribution in [0.1, 0.15) is 5.56 Å². The van der Waals surface area contributed by atoms with Crippen molar-refractivity contribution in [3.05, 3.63) is 27.2 Å². The molecule has 0 N–H and O–H groups in total. The van der Waals surface area contributed by atoms with E-state index in [1.807, 2.05) is 6.07 Å². The van der Waals surface area contributed by atoms with Crippen LogP contribution in [0.3, 0.4) is 0 Å². The highest BCUT2D eigenvalue weighted by Gasteiger charge is 2.06. The van der Waals surface area contributed by atoms with Crippen molar-refractivity contribution in [2.75, 3.05) is 7.11 Å². The van der Waals surface area contributed by atoms with Gasteiger partial charge in [-0.05, 0) is 22.0 Å². The van der Waals surface area contributed by atoms with Crippen molar-refractivity contribution >= 4 is 27.5 Å². The Morgan fingerprint density at radius 2 is 2.25 bits per heavy atom. The summed E-state index contributed by atoms with van der Waals surface area (Å²) in [5.41, 5.74) is 0.466. The van der Waals surface area contributed by atoms with Crippen molar-refractivity contribution in [2.24, 2.45) is 0 Å². The second-order valence-electron chi connectivity index (χ2n) is 2.08. The van der Waals surface area contributed by atoms with Crippen LogP contribution in [0.5, 0.6) is 5.75 Å². The molecule has 0 aliphatic rings. The molecule has 62 valence electrons. The smallest absolute Gasteiger partial charge is 0.138 e. The first-order valence-electron chi connectivity index (χ1n) is 3.12. The molecular weight excluding hydrogens is 241 g/mol. The average molecular weight is 246 g/mol. The summed E-state index contributed by atoms with van der Waals surface area (Å²) in [7, 11) is 1.50. The Kier molecular flexibility index (Phi) is 2.96. The molecule has 0 radical (unpaired) electrons. The largest absolute Gasteiger partial charge is 0.495 e. The third-order valence-electron chi connectivity index (χ3n) is 1.36.